The Hall–Kier alpha value is -1.92. The lowest BCUT2D eigenvalue weighted by molar-refractivity contribution is 0.112. The molecule has 0 bridgehead atoms. The van der Waals surface area contributed by atoms with Gasteiger partial charge < -0.3 is 0 Å². The highest BCUT2D eigenvalue weighted by Gasteiger charge is 2.10. The van der Waals surface area contributed by atoms with E-state index >= 15 is 0 Å². The predicted octanol–water partition coefficient (Wildman–Crippen LogP) is 2.28. The number of benzene rings is 1. The molecule has 0 spiro atoms. The minimum Gasteiger partial charge on any atom is -0.298 e. The molecule has 0 fully saturated rings. The molecule has 20 heavy (non-hydrogen) atoms. The minimum atomic E-state index is -0.0960. The van der Waals surface area contributed by atoms with Crippen LogP contribution in [0, 0.1) is 0 Å². The van der Waals surface area contributed by atoms with Crippen LogP contribution in [0.4, 0.5) is 5.69 Å². The molecule has 0 N–H and O–H groups in total. The van der Waals surface area contributed by atoms with Crippen LogP contribution in [0.3, 0.4) is 0 Å². The first kappa shape index (κ1) is 13.1. The SMILES string of the molecule is O=Cc1cc(Cl)ccc1/N=c1/sc(=O)n2n1CCC=C2. The quantitative estimate of drug-likeness (QED) is 0.799. The van der Waals surface area contributed by atoms with Crippen molar-refractivity contribution in [2.75, 3.05) is 0 Å². The predicted molar refractivity (Wildman–Crippen MR) is 78.6 cm³/mol. The Morgan fingerprint density at radius 2 is 2.25 bits per heavy atom. The van der Waals surface area contributed by atoms with Crippen molar-refractivity contribution in [1.82, 2.24) is 9.36 Å². The molecular formula is C13H10ClN3O2S. The molecule has 102 valence electrons. The van der Waals surface area contributed by atoms with E-state index in [2.05, 4.69) is 4.99 Å². The van der Waals surface area contributed by atoms with Crippen LogP contribution >= 0.6 is 22.9 Å². The molecule has 0 aliphatic carbocycles. The number of nitrogens with zero attached hydrogens (tertiary/aromatic N) is 3. The van der Waals surface area contributed by atoms with E-state index in [-0.39, 0.29) is 4.87 Å². The third kappa shape index (κ3) is 2.28. The first-order chi connectivity index (χ1) is 9.69. The summed E-state index contributed by atoms with van der Waals surface area (Å²) < 4.78 is 3.33. The number of hydrogen-bond acceptors (Lipinski definition) is 4. The zero-order valence-corrected chi connectivity index (χ0v) is 11.9. The largest absolute Gasteiger partial charge is 0.329 e. The molecule has 5 nitrogen and oxygen atoms in total. The van der Waals surface area contributed by atoms with Crippen LogP contribution in [-0.4, -0.2) is 15.6 Å². The normalized spacial score (nSPS) is 14.3. The van der Waals surface area contributed by atoms with Gasteiger partial charge in [-0.05, 0) is 36.0 Å². The van der Waals surface area contributed by atoms with Crippen LogP contribution in [0.2, 0.25) is 5.02 Å². The van der Waals surface area contributed by atoms with Gasteiger partial charge in [0.15, 0.2) is 6.29 Å². The topological polar surface area (TPSA) is 56.4 Å². The second-order valence-corrected chi connectivity index (χ2v) is 5.58. The Morgan fingerprint density at radius 1 is 1.40 bits per heavy atom. The number of rotatable bonds is 2. The van der Waals surface area contributed by atoms with Crippen molar-refractivity contribution in [3.8, 4) is 0 Å². The third-order valence-electron chi connectivity index (χ3n) is 2.93. The van der Waals surface area contributed by atoms with Crippen molar-refractivity contribution < 1.29 is 4.79 Å². The Balaban J connectivity index is 2.21. The summed E-state index contributed by atoms with van der Waals surface area (Å²) in [5.74, 6) is 0. The average molecular weight is 308 g/mol. The smallest absolute Gasteiger partial charge is 0.298 e. The highest BCUT2D eigenvalue weighted by Crippen LogP contribution is 2.21. The van der Waals surface area contributed by atoms with Gasteiger partial charge in [0.1, 0.15) is 0 Å². The maximum absolute atomic E-state index is 11.8. The number of aromatic nitrogens is 2. The highest BCUT2D eigenvalue weighted by atomic mass is 35.5. The van der Waals surface area contributed by atoms with E-state index in [1.807, 2.05) is 6.08 Å². The minimum absolute atomic E-state index is 0.0960. The molecule has 0 saturated carbocycles. The van der Waals surface area contributed by atoms with Gasteiger partial charge >= 0.3 is 4.87 Å². The molecule has 0 atom stereocenters. The van der Waals surface area contributed by atoms with E-state index in [9.17, 15) is 9.59 Å². The van der Waals surface area contributed by atoms with E-state index in [4.69, 9.17) is 11.6 Å². The van der Waals surface area contributed by atoms with Crippen molar-refractivity contribution in [2.45, 2.75) is 13.0 Å². The van der Waals surface area contributed by atoms with Crippen LogP contribution in [0.25, 0.3) is 6.20 Å². The summed E-state index contributed by atoms with van der Waals surface area (Å²) in [4.78, 5) is 27.8. The fraction of sp³-hybridized carbons (Fsp3) is 0.154. The second-order valence-electron chi connectivity index (χ2n) is 4.22. The van der Waals surface area contributed by atoms with Crippen LogP contribution in [-0.2, 0) is 6.54 Å². The molecule has 1 aliphatic rings. The van der Waals surface area contributed by atoms with Gasteiger partial charge in [0.25, 0.3) is 0 Å². The van der Waals surface area contributed by atoms with E-state index in [0.29, 0.717) is 33.9 Å². The van der Waals surface area contributed by atoms with Crippen molar-refractivity contribution in [3.63, 3.8) is 0 Å². The number of halogens is 1. The molecule has 1 aromatic heterocycles. The maximum Gasteiger partial charge on any atom is 0.329 e. The van der Waals surface area contributed by atoms with Crippen LogP contribution in [0.5, 0.6) is 0 Å². The van der Waals surface area contributed by atoms with Crippen LogP contribution in [0.15, 0.2) is 34.1 Å². The summed E-state index contributed by atoms with van der Waals surface area (Å²) in [7, 11) is 0. The Morgan fingerprint density at radius 3 is 3.05 bits per heavy atom. The zero-order chi connectivity index (χ0) is 14.1. The first-order valence-electron chi connectivity index (χ1n) is 5.97. The van der Waals surface area contributed by atoms with Gasteiger partial charge in [0, 0.05) is 23.3 Å². The van der Waals surface area contributed by atoms with Crippen LogP contribution < -0.4 is 9.67 Å². The van der Waals surface area contributed by atoms with E-state index in [0.717, 1.165) is 17.8 Å². The molecule has 2 aromatic rings. The van der Waals surface area contributed by atoms with Crippen molar-refractivity contribution >= 4 is 41.1 Å². The molecule has 7 heteroatoms. The molecule has 3 rings (SSSR count). The van der Waals surface area contributed by atoms with Gasteiger partial charge in [-0.3, -0.25) is 14.3 Å². The molecule has 0 saturated heterocycles. The van der Waals surface area contributed by atoms with Gasteiger partial charge in [-0.2, -0.15) is 0 Å². The van der Waals surface area contributed by atoms with Crippen molar-refractivity contribution in [3.05, 3.63) is 49.3 Å². The number of aldehydes is 1. The third-order valence-corrected chi connectivity index (χ3v) is 4.01. The molecule has 0 unspecified atom stereocenters. The molecular weight excluding hydrogens is 298 g/mol. The van der Waals surface area contributed by atoms with Gasteiger partial charge in [-0.1, -0.05) is 17.7 Å². The first-order valence-corrected chi connectivity index (χ1v) is 7.17. The zero-order valence-electron chi connectivity index (χ0n) is 10.3. The van der Waals surface area contributed by atoms with Crippen molar-refractivity contribution in [1.29, 1.82) is 0 Å². The maximum atomic E-state index is 11.8. The summed E-state index contributed by atoms with van der Waals surface area (Å²) in [5, 5.41) is 0.480. The van der Waals surface area contributed by atoms with Gasteiger partial charge in [-0.25, -0.2) is 9.67 Å². The summed E-state index contributed by atoms with van der Waals surface area (Å²) in [5.41, 5.74) is 0.917. The number of carbonyl (C=O) groups excluding carboxylic acids is 1. The monoisotopic (exact) mass is 307 g/mol. The summed E-state index contributed by atoms with van der Waals surface area (Å²) >= 11 is 6.90. The molecule has 1 aromatic carbocycles. The Bertz CT molecular complexity index is 829. The fourth-order valence-electron chi connectivity index (χ4n) is 1.99. The molecule has 2 heterocycles. The Labute approximate surface area is 123 Å². The second kappa shape index (κ2) is 5.22. The van der Waals surface area contributed by atoms with Gasteiger partial charge in [-0.15, -0.1) is 0 Å². The van der Waals surface area contributed by atoms with Gasteiger partial charge in [0.2, 0.25) is 4.80 Å². The highest BCUT2D eigenvalue weighted by molar-refractivity contribution is 7.06. The summed E-state index contributed by atoms with van der Waals surface area (Å²) in [6.45, 7) is 0.693. The molecule has 0 amide bonds. The lowest BCUT2D eigenvalue weighted by atomic mass is 10.2. The average Bonchev–Trinajstić information content (AvgIpc) is 2.78. The van der Waals surface area contributed by atoms with Gasteiger partial charge in [0.05, 0.1) is 5.69 Å². The number of carbonyl (C=O) groups is 1. The number of hydrogen-bond donors (Lipinski definition) is 0. The molecule has 0 radical (unpaired) electrons. The van der Waals surface area contributed by atoms with Crippen molar-refractivity contribution in [2.24, 2.45) is 4.99 Å². The standard InChI is InChI=1S/C13H10ClN3O2S/c14-10-3-4-11(9(7-10)8-18)15-12-16-5-1-2-6-17(16)13(19)20-12/h2-4,6-8H,1,5H2/b15-12+. The lowest BCUT2D eigenvalue weighted by Crippen LogP contribution is -2.26. The van der Waals surface area contributed by atoms with E-state index in [1.165, 1.54) is 4.68 Å². The lowest BCUT2D eigenvalue weighted by Gasteiger charge is -2.10. The fourth-order valence-corrected chi connectivity index (χ4v) is 3.01. The summed E-state index contributed by atoms with van der Waals surface area (Å²) in [6, 6.07) is 4.90. The Kier molecular flexibility index (Phi) is 3.42. The number of fused-ring (bicyclic) bond motifs is 1. The summed E-state index contributed by atoms with van der Waals surface area (Å²) in [6.07, 6.45) is 5.24. The number of allylic oxidation sites excluding steroid dienone is 1. The van der Waals surface area contributed by atoms with E-state index < -0.39 is 0 Å². The van der Waals surface area contributed by atoms with Crippen LogP contribution in [0.1, 0.15) is 16.8 Å². The van der Waals surface area contributed by atoms with E-state index in [1.54, 1.807) is 29.1 Å². The molecule has 1 aliphatic heterocycles.